The Bertz CT molecular complexity index is 1740. The number of nitrogens with zero attached hydrogens (tertiary/aromatic N) is 2. The number of aliphatic carboxylic acids is 1. The number of hydrogen-bond acceptors (Lipinski definition) is 10. The largest absolute Gasteiger partial charge is 0.496 e. The van der Waals surface area contributed by atoms with E-state index in [1.807, 2.05) is 30.3 Å². The molecule has 3 aromatic carbocycles. The number of halogens is 1. The van der Waals surface area contributed by atoms with Gasteiger partial charge in [0.15, 0.2) is 11.6 Å². The topological polar surface area (TPSA) is 170 Å². The summed E-state index contributed by atoms with van der Waals surface area (Å²) in [5.41, 5.74) is 2.64. The molecule has 1 heterocycles. The average Bonchev–Trinajstić information content (AvgIpc) is 3.53. The van der Waals surface area contributed by atoms with Crippen LogP contribution in [0.4, 0.5) is 4.39 Å². The van der Waals surface area contributed by atoms with Crippen LogP contribution in [-0.4, -0.2) is 69.9 Å². The van der Waals surface area contributed by atoms with Crippen LogP contribution in [0.3, 0.4) is 0 Å². The normalized spacial score (nSPS) is 12.8. The van der Waals surface area contributed by atoms with Gasteiger partial charge in [0.1, 0.15) is 17.6 Å². The molecule has 4 aromatic rings. The van der Waals surface area contributed by atoms with Crippen molar-refractivity contribution in [2.75, 3.05) is 12.9 Å². The van der Waals surface area contributed by atoms with Crippen molar-refractivity contribution in [1.82, 2.24) is 20.8 Å². The van der Waals surface area contributed by atoms with E-state index in [1.165, 1.54) is 31.0 Å². The molecule has 3 N–H and O–H groups in total. The number of carboxylic acid groups (broad SMARTS) is 1. The second-order valence-electron chi connectivity index (χ2n) is 11.1. The van der Waals surface area contributed by atoms with Crippen molar-refractivity contribution in [3.63, 3.8) is 0 Å². The minimum atomic E-state index is -1.37. The zero-order valence-electron chi connectivity index (χ0n) is 27.2. The molecule has 0 saturated carbocycles. The third kappa shape index (κ3) is 11.3. The molecule has 1 aromatic heterocycles. The highest BCUT2D eigenvalue weighted by Crippen LogP contribution is 2.26. The number of rotatable bonds is 18. The van der Waals surface area contributed by atoms with E-state index in [-0.39, 0.29) is 30.5 Å². The molecule has 258 valence electrons. The van der Waals surface area contributed by atoms with Gasteiger partial charge in [0.2, 0.25) is 11.8 Å². The first kappa shape index (κ1) is 36.8. The minimum absolute atomic E-state index is 0.109. The molecule has 0 aliphatic rings. The third-order valence-corrected chi connectivity index (χ3v) is 8.37. The van der Waals surface area contributed by atoms with E-state index < -0.39 is 48.2 Å². The summed E-state index contributed by atoms with van der Waals surface area (Å²) in [5.74, 6) is -2.19. The van der Waals surface area contributed by atoms with Gasteiger partial charge in [0, 0.05) is 16.9 Å². The maximum Gasteiger partial charge on any atom is 0.305 e. The maximum atomic E-state index is 13.7. The summed E-state index contributed by atoms with van der Waals surface area (Å²) in [7, 11) is 1.46. The van der Waals surface area contributed by atoms with E-state index in [1.54, 1.807) is 44.2 Å². The predicted octanol–water partition coefficient (Wildman–Crippen LogP) is 4.29. The van der Waals surface area contributed by atoms with Crippen LogP contribution in [-0.2, 0) is 42.7 Å². The van der Waals surface area contributed by atoms with Crippen molar-refractivity contribution in [2.24, 2.45) is 0 Å². The summed E-state index contributed by atoms with van der Waals surface area (Å²) in [6.07, 6.45) is -1.77. The molecule has 12 nitrogen and oxygen atoms in total. The number of aryl methyl sites for hydroxylation is 1. The van der Waals surface area contributed by atoms with Gasteiger partial charge >= 0.3 is 5.97 Å². The van der Waals surface area contributed by atoms with Crippen LogP contribution in [0.1, 0.15) is 35.9 Å². The molecule has 4 rings (SSSR count). The smallest absolute Gasteiger partial charge is 0.305 e. The number of thioether (sulfide) groups is 1. The van der Waals surface area contributed by atoms with Crippen LogP contribution in [0.25, 0.3) is 11.5 Å². The van der Waals surface area contributed by atoms with Crippen molar-refractivity contribution in [1.29, 1.82) is 0 Å². The molecule has 3 unspecified atom stereocenters. The van der Waals surface area contributed by atoms with E-state index >= 15 is 0 Å². The molecule has 0 bridgehead atoms. The molecule has 3 atom stereocenters. The lowest BCUT2D eigenvalue weighted by molar-refractivity contribution is -0.140. The van der Waals surface area contributed by atoms with E-state index in [4.69, 9.17) is 14.0 Å². The Hall–Kier alpha value is -5.08. The van der Waals surface area contributed by atoms with Crippen LogP contribution in [0.15, 0.2) is 77.3 Å². The first-order valence-electron chi connectivity index (χ1n) is 15.3. The van der Waals surface area contributed by atoms with Crippen molar-refractivity contribution in [3.05, 3.63) is 101 Å². The van der Waals surface area contributed by atoms with Crippen LogP contribution in [0.5, 0.6) is 5.75 Å². The molecule has 2 amide bonds. The number of hydrogen-bond donors (Lipinski definition) is 3. The lowest BCUT2D eigenvalue weighted by atomic mass is 10.0. The number of amides is 2. The van der Waals surface area contributed by atoms with Gasteiger partial charge in [0.25, 0.3) is 5.89 Å². The number of carbonyl (C=O) groups is 4. The molecule has 14 heteroatoms. The molecular weight excluding hydrogens is 655 g/mol. The molecule has 49 heavy (non-hydrogen) atoms. The number of carboxylic acids is 1. The fourth-order valence-electron chi connectivity index (χ4n) is 4.79. The Morgan fingerprint density at radius 2 is 1.73 bits per heavy atom. The SMILES string of the molecule is COc1ccc(-c2nc(C)no2)cc1CC(=O)NC(C(=O)NC(CC(=O)O)C(=O)CSCc1ccc(F)cc1)C(C)OCc1ccccc1. The van der Waals surface area contributed by atoms with Gasteiger partial charge in [-0.25, -0.2) is 4.39 Å². The number of carbonyl (C=O) groups excluding carboxylic acids is 3. The second kappa shape index (κ2) is 17.9. The number of methoxy groups -OCH3 is 1. The van der Waals surface area contributed by atoms with Crippen molar-refractivity contribution in [3.8, 4) is 17.2 Å². The summed E-state index contributed by atoms with van der Waals surface area (Å²) in [6, 6.07) is 17.4. The third-order valence-electron chi connectivity index (χ3n) is 7.34. The summed E-state index contributed by atoms with van der Waals surface area (Å²) < 4.78 is 29.9. The fraction of sp³-hybridized carbons (Fsp3) is 0.314. The zero-order chi connectivity index (χ0) is 35.3. The first-order chi connectivity index (χ1) is 23.5. The first-order valence-corrected chi connectivity index (χ1v) is 16.5. The number of nitrogens with one attached hydrogen (secondary N) is 2. The van der Waals surface area contributed by atoms with E-state index in [0.29, 0.717) is 28.5 Å². The van der Waals surface area contributed by atoms with Crippen LogP contribution in [0, 0.1) is 12.7 Å². The Kier molecular flexibility index (Phi) is 13.4. The van der Waals surface area contributed by atoms with Crippen LogP contribution >= 0.6 is 11.8 Å². The summed E-state index contributed by atoms with van der Waals surface area (Å²) in [6.45, 7) is 3.40. The van der Waals surface area contributed by atoms with Crippen LogP contribution in [0.2, 0.25) is 0 Å². The number of ketones is 1. The predicted molar refractivity (Wildman–Crippen MR) is 179 cm³/mol. The molecule has 0 radical (unpaired) electrons. The maximum absolute atomic E-state index is 13.7. The van der Waals surface area contributed by atoms with Gasteiger partial charge in [-0.3, -0.25) is 19.2 Å². The van der Waals surface area contributed by atoms with E-state index in [9.17, 15) is 28.7 Å². The Morgan fingerprint density at radius 1 is 1.00 bits per heavy atom. The fourth-order valence-corrected chi connectivity index (χ4v) is 5.72. The minimum Gasteiger partial charge on any atom is -0.496 e. The van der Waals surface area contributed by atoms with Gasteiger partial charge < -0.3 is 29.7 Å². The monoisotopic (exact) mass is 692 g/mol. The highest BCUT2D eigenvalue weighted by Gasteiger charge is 2.32. The van der Waals surface area contributed by atoms with Crippen molar-refractivity contribution >= 4 is 35.3 Å². The Labute approximate surface area is 286 Å². The molecule has 0 aliphatic heterocycles. The van der Waals surface area contributed by atoms with E-state index in [2.05, 4.69) is 20.8 Å². The zero-order valence-corrected chi connectivity index (χ0v) is 28.0. The van der Waals surface area contributed by atoms with Gasteiger partial charge in [0.05, 0.1) is 44.5 Å². The summed E-state index contributed by atoms with van der Waals surface area (Å²) in [5, 5.41) is 18.6. The number of aromatic nitrogens is 2. The lowest BCUT2D eigenvalue weighted by Gasteiger charge is -2.27. The van der Waals surface area contributed by atoms with Crippen LogP contribution < -0.4 is 15.4 Å². The second-order valence-corrected chi connectivity index (χ2v) is 12.1. The lowest BCUT2D eigenvalue weighted by Crippen LogP contribution is -2.57. The molecular formula is C35H37FN4O8S. The standard InChI is InChI=1S/C35H37FN4O8S/c1-21(47-18-23-7-5-4-6-8-23)33(39-31(42)16-26-15-25(11-14-30(26)46-3)35-37-22(2)40-48-35)34(45)38-28(17-32(43)44)29(41)20-49-19-24-9-12-27(36)13-10-24/h4-15,21,28,33H,16-20H2,1-3H3,(H,38,45)(H,39,42)(H,43,44). The molecule has 0 saturated heterocycles. The highest BCUT2D eigenvalue weighted by atomic mass is 32.2. The van der Waals surface area contributed by atoms with Crippen molar-refractivity contribution in [2.45, 2.75) is 57.2 Å². The van der Waals surface area contributed by atoms with Gasteiger partial charge in [-0.2, -0.15) is 4.98 Å². The van der Waals surface area contributed by atoms with E-state index in [0.717, 1.165) is 11.1 Å². The number of Topliss-reactive ketones (excluding diaryl/α,β-unsaturated/α-hetero) is 1. The number of ether oxygens (including phenoxy) is 2. The molecule has 0 aliphatic carbocycles. The Balaban J connectivity index is 1.49. The van der Waals surface area contributed by atoms with Gasteiger partial charge in [-0.15, -0.1) is 11.8 Å². The summed E-state index contributed by atoms with van der Waals surface area (Å²) in [4.78, 5) is 56.3. The molecule has 0 spiro atoms. The molecule has 0 fully saturated rings. The van der Waals surface area contributed by atoms with Gasteiger partial charge in [-0.05, 0) is 55.3 Å². The number of benzene rings is 3. The highest BCUT2D eigenvalue weighted by molar-refractivity contribution is 7.99. The average molecular weight is 693 g/mol. The quantitative estimate of drug-likeness (QED) is 0.136. The summed E-state index contributed by atoms with van der Waals surface area (Å²) >= 11 is 1.20. The van der Waals surface area contributed by atoms with Crippen molar-refractivity contribution < 1.29 is 42.7 Å². The van der Waals surface area contributed by atoms with Gasteiger partial charge in [-0.1, -0.05) is 47.6 Å². The Morgan fingerprint density at radius 3 is 2.39 bits per heavy atom.